The van der Waals surface area contributed by atoms with Gasteiger partial charge in [0.2, 0.25) is 0 Å². The average Bonchev–Trinajstić information content (AvgIpc) is 2.76. The first-order valence-corrected chi connectivity index (χ1v) is 12.7. The molecule has 6 nitrogen and oxygen atoms in total. The molecule has 1 aliphatic rings. The Balaban J connectivity index is 1.80. The minimum absolute atomic E-state index is 0.192. The lowest BCUT2D eigenvalue weighted by Gasteiger charge is -2.22. The molecule has 4 rings (SSSR count). The second kappa shape index (κ2) is 9.97. The summed E-state index contributed by atoms with van der Waals surface area (Å²) in [7, 11) is 0. The third-order valence-electron chi connectivity index (χ3n) is 5.39. The number of aromatic nitrogens is 2. The summed E-state index contributed by atoms with van der Waals surface area (Å²) in [5, 5.41) is 5.07. The average molecular weight is 626 g/mol. The number of rotatable bonds is 4. The second-order valence-electron chi connectivity index (χ2n) is 7.74. The highest BCUT2D eigenvalue weighted by atomic mass is 79.9. The van der Waals surface area contributed by atoms with Crippen molar-refractivity contribution in [1.82, 2.24) is 9.66 Å². The molecule has 0 aliphatic heterocycles. The molecule has 166 valence electrons. The summed E-state index contributed by atoms with van der Waals surface area (Å²) >= 11 is 10.3. The molecule has 0 bridgehead atoms. The van der Waals surface area contributed by atoms with Gasteiger partial charge in [-0.1, -0.05) is 35.2 Å². The molecule has 1 aliphatic carbocycles. The van der Waals surface area contributed by atoms with Crippen molar-refractivity contribution in [2.75, 3.05) is 0 Å². The summed E-state index contributed by atoms with van der Waals surface area (Å²) in [5.41, 5.74) is 1.22. The van der Waals surface area contributed by atoms with Crippen LogP contribution in [0.15, 0.2) is 53.6 Å². The van der Waals surface area contributed by atoms with Crippen LogP contribution < -0.4 is 10.3 Å². The van der Waals surface area contributed by atoms with E-state index >= 15 is 0 Å². The number of fused-ring (bicyclic) bond motifs is 1. The Morgan fingerprint density at radius 3 is 2.47 bits per heavy atom. The van der Waals surface area contributed by atoms with Crippen molar-refractivity contribution >= 4 is 70.9 Å². The second-order valence-corrected chi connectivity index (χ2v) is 10.4. The highest BCUT2D eigenvalue weighted by Gasteiger charge is 2.22. The SMILES string of the molecule is CC(=O)Oc1c(Br)cc(C=Nn2c(C3CCCCC3)nc3ccc(Br)cc3c2=O)cc1Br. The number of benzene rings is 2. The van der Waals surface area contributed by atoms with Crippen molar-refractivity contribution in [2.24, 2.45) is 5.10 Å². The highest BCUT2D eigenvalue weighted by Crippen LogP contribution is 2.35. The molecule has 0 N–H and O–H groups in total. The Labute approximate surface area is 210 Å². The Bertz CT molecular complexity index is 1260. The highest BCUT2D eigenvalue weighted by molar-refractivity contribution is 9.11. The summed E-state index contributed by atoms with van der Waals surface area (Å²) < 4.78 is 8.68. The van der Waals surface area contributed by atoms with Crippen molar-refractivity contribution in [3.8, 4) is 5.75 Å². The Morgan fingerprint density at radius 1 is 1.12 bits per heavy atom. The molecule has 0 amide bonds. The Morgan fingerprint density at radius 2 is 1.81 bits per heavy atom. The van der Waals surface area contributed by atoms with Crippen LogP contribution in [0.3, 0.4) is 0 Å². The van der Waals surface area contributed by atoms with Gasteiger partial charge in [-0.15, -0.1) is 0 Å². The molecule has 0 atom stereocenters. The monoisotopic (exact) mass is 623 g/mol. The number of carbonyl (C=O) groups excluding carboxylic acids is 1. The molecule has 1 aromatic heterocycles. The van der Waals surface area contributed by atoms with Gasteiger partial charge in [0.15, 0.2) is 5.75 Å². The van der Waals surface area contributed by atoms with E-state index < -0.39 is 5.97 Å². The van der Waals surface area contributed by atoms with Crippen LogP contribution in [0.2, 0.25) is 0 Å². The zero-order valence-corrected chi connectivity index (χ0v) is 22.0. The van der Waals surface area contributed by atoms with Crippen LogP contribution in [0, 0.1) is 0 Å². The minimum atomic E-state index is -0.412. The molecule has 0 saturated heterocycles. The van der Waals surface area contributed by atoms with Gasteiger partial charge in [0, 0.05) is 17.3 Å². The molecule has 0 spiro atoms. The molecule has 1 saturated carbocycles. The first-order valence-electron chi connectivity index (χ1n) is 10.3. The number of nitrogens with zero attached hydrogens (tertiary/aromatic N) is 3. The van der Waals surface area contributed by atoms with Gasteiger partial charge in [0.25, 0.3) is 5.56 Å². The molecule has 9 heteroatoms. The molecule has 3 aromatic rings. The first kappa shape index (κ1) is 23.3. The maximum atomic E-state index is 13.4. The third kappa shape index (κ3) is 5.05. The van der Waals surface area contributed by atoms with Gasteiger partial charge < -0.3 is 4.74 Å². The van der Waals surface area contributed by atoms with E-state index in [1.54, 1.807) is 24.4 Å². The lowest BCUT2D eigenvalue weighted by atomic mass is 9.88. The lowest BCUT2D eigenvalue weighted by Crippen LogP contribution is -2.25. The third-order valence-corrected chi connectivity index (χ3v) is 7.06. The molecule has 1 fully saturated rings. The lowest BCUT2D eigenvalue weighted by molar-refractivity contribution is -0.131. The predicted molar refractivity (Wildman–Crippen MR) is 136 cm³/mol. The zero-order chi connectivity index (χ0) is 22.8. The van der Waals surface area contributed by atoms with E-state index in [9.17, 15) is 9.59 Å². The summed E-state index contributed by atoms with van der Waals surface area (Å²) in [4.78, 5) is 29.6. The first-order chi connectivity index (χ1) is 15.3. The fraction of sp³-hybridized carbons (Fsp3) is 0.304. The summed E-state index contributed by atoms with van der Waals surface area (Å²) in [5.74, 6) is 0.888. The van der Waals surface area contributed by atoms with Crippen LogP contribution in [0.1, 0.15) is 56.3 Å². The van der Waals surface area contributed by atoms with Crippen molar-refractivity contribution in [3.63, 3.8) is 0 Å². The van der Waals surface area contributed by atoms with Gasteiger partial charge in [0.05, 0.1) is 26.1 Å². The molecular weight excluding hydrogens is 606 g/mol. The van der Waals surface area contributed by atoms with E-state index in [-0.39, 0.29) is 11.5 Å². The van der Waals surface area contributed by atoms with Crippen LogP contribution in [0.4, 0.5) is 0 Å². The number of hydrogen-bond donors (Lipinski definition) is 0. The van der Waals surface area contributed by atoms with Gasteiger partial charge in [-0.3, -0.25) is 9.59 Å². The van der Waals surface area contributed by atoms with Crippen molar-refractivity contribution in [1.29, 1.82) is 0 Å². The maximum Gasteiger partial charge on any atom is 0.308 e. The van der Waals surface area contributed by atoms with Gasteiger partial charge in [-0.25, -0.2) is 4.98 Å². The predicted octanol–water partition coefficient (Wildman–Crippen LogP) is 6.54. The summed E-state index contributed by atoms with van der Waals surface area (Å²) in [6, 6.07) is 9.10. The summed E-state index contributed by atoms with van der Waals surface area (Å²) in [6.07, 6.45) is 7.07. The number of halogens is 3. The van der Waals surface area contributed by atoms with Gasteiger partial charge in [-0.05, 0) is 80.6 Å². The largest absolute Gasteiger partial charge is 0.424 e. The quantitative estimate of drug-likeness (QED) is 0.188. The van der Waals surface area contributed by atoms with Gasteiger partial charge in [0.1, 0.15) is 5.82 Å². The molecule has 0 radical (unpaired) electrons. The smallest absolute Gasteiger partial charge is 0.308 e. The van der Waals surface area contributed by atoms with Crippen LogP contribution in [-0.2, 0) is 4.79 Å². The fourth-order valence-corrected chi connectivity index (χ4v) is 5.67. The Hall–Kier alpha value is -1.84. The number of esters is 1. The van der Waals surface area contributed by atoms with Gasteiger partial charge in [-0.2, -0.15) is 9.78 Å². The van der Waals surface area contributed by atoms with Crippen molar-refractivity contribution in [3.05, 3.63) is 65.5 Å². The van der Waals surface area contributed by atoms with E-state index in [1.165, 1.54) is 18.0 Å². The van der Waals surface area contributed by atoms with E-state index in [2.05, 4.69) is 52.9 Å². The number of ether oxygens (including phenoxy) is 1. The van der Waals surface area contributed by atoms with E-state index in [1.807, 2.05) is 12.1 Å². The molecule has 1 heterocycles. The van der Waals surface area contributed by atoms with E-state index in [0.717, 1.165) is 35.7 Å². The molecular formula is C23H20Br3N3O3. The van der Waals surface area contributed by atoms with Crippen molar-refractivity contribution in [2.45, 2.75) is 44.9 Å². The molecule has 2 aromatic carbocycles. The van der Waals surface area contributed by atoms with E-state index in [0.29, 0.717) is 31.4 Å². The van der Waals surface area contributed by atoms with Crippen LogP contribution >= 0.6 is 47.8 Å². The molecule has 32 heavy (non-hydrogen) atoms. The number of carbonyl (C=O) groups is 1. The van der Waals surface area contributed by atoms with Gasteiger partial charge >= 0.3 is 5.97 Å². The zero-order valence-electron chi connectivity index (χ0n) is 17.3. The number of hydrogen-bond acceptors (Lipinski definition) is 5. The topological polar surface area (TPSA) is 73.5 Å². The standard InChI is InChI=1S/C23H20Br3N3O3/c1-13(30)32-21-18(25)9-14(10-19(21)26)12-27-29-22(15-5-3-2-4-6-15)28-20-8-7-16(24)11-17(20)23(29)31/h7-12,15H,2-6H2,1H3. The van der Waals surface area contributed by atoms with Crippen LogP contribution in [0.5, 0.6) is 5.75 Å². The van der Waals surface area contributed by atoms with E-state index in [4.69, 9.17) is 9.72 Å². The maximum absolute atomic E-state index is 13.4. The van der Waals surface area contributed by atoms with Crippen LogP contribution in [0.25, 0.3) is 10.9 Å². The fourth-order valence-electron chi connectivity index (χ4n) is 3.92. The normalized spacial score (nSPS) is 14.9. The van der Waals surface area contributed by atoms with Crippen LogP contribution in [-0.4, -0.2) is 21.8 Å². The molecule has 0 unspecified atom stereocenters. The minimum Gasteiger partial charge on any atom is -0.424 e. The summed E-state index contributed by atoms with van der Waals surface area (Å²) in [6.45, 7) is 1.35. The van der Waals surface area contributed by atoms with Crippen molar-refractivity contribution < 1.29 is 9.53 Å². The Kier molecular flexibility index (Phi) is 7.27.